The number of aryl methyl sites for hydroxylation is 2. The second kappa shape index (κ2) is 6.63. The Morgan fingerprint density at radius 3 is 2.75 bits per heavy atom. The number of anilines is 1. The lowest BCUT2D eigenvalue weighted by molar-refractivity contribution is 0.0671. The van der Waals surface area contributed by atoms with E-state index in [1.54, 1.807) is 12.3 Å². The van der Waals surface area contributed by atoms with E-state index in [1.807, 2.05) is 36.9 Å². The van der Waals surface area contributed by atoms with Gasteiger partial charge in [-0.1, -0.05) is 0 Å². The molecule has 0 saturated carbocycles. The van der Waals surface area contributed by atoms with Gasteiger partial charge in [0.05, 0.1) is 11.7 Å². The predicted molar refractivity (Wildman–Crippen MR) is 94.4 cm³/mol. The van der Waals surface area contributed by atoms with Crippen molar-refractivity contribution in [1.29, 1.82) is 0 Å². The summed E-state index contributed by atoms with van der Waals surface area (Å²) in [6, 6.07) is 6.00. The van der Waals surface area contributed by atoms with Crippen LogP contribution in [0.1, 0.15) is 40.6 Å². The van der Waals surface area contributed by atoms with Crippen LogP contribution in [0.4, 0.5) is 5.82 Å². The Kier molecular flexibility index (Phi) is 4.55. The number of amides is 1. The first-order chi connectivity index (χ1) is 11.5. The van der Waals surface area contributed by atoms with Crippen LogP contribution in [0.3, 0.4) is 0 Å². The van der Waals surface area contributed by atoms with Crippen molar-refractivity contribution in [3.63, 3.8) is 0 Å². The molecule has 0 bridgehead atoms. The molecule has 1 amide bonds. The lowest BCUT2D eigenvalue weighted by Crippen LogP contribution is -2.41. The molecule has 6 heteroatoms. The molecule has 1 saturated heterocycles. The van der Waals surface area contributed by atoms with Gasteiger partial charge in [-0.05, 0) is 44.9 Å². The highest BCUT2D eigenvalue weighted by Gasteiger charge is 2.27. The second-order valence-corrected chi connectivity index (χ2v) is 6.72. The molecule has 1 aliphatic heterocycles. The van der Waals surface area contributed by atoms with Crippen molar-refractivity contribution in [3.8, 4) is 0 Å². The first-order valence-electron chi connectivity index (χ1n) is 8.41. The van der Waals surface area contributed by atoms with Crippen LogP contribution in [0.25, 0.3) is 0 Å². The van der Waals surface area contributed by atoms with Crippen molar-refractivity contribution < 1.29 is 4.79 Å². The van der Waals surface area contributed by atoms with Crippen molar-refractivity contribution in [2.75, 3.05) is 32.1 Å². The van der Waals surface area contributed by atoms with Gasteiger partial charge in [-0.25, -0.2) is 4.98 Å². The Balaban J connectivity index is 1.78. The molecule has 1 atom stereocenters. The number of pyridine rings is 1. The van der Waals surface area contributed by atoms with Gasteiger partial charge in [0.1, 0.15) is 5.82 Å². The van der Waals surface area contributed by atoms with E-state index in [0.29, 0.717) is 12.1 Å². The van der Waals surface area contributed by atoms with Crippen molar-refractivity contribution in [3.05, 3.63) is 41.3 Å². The van der Waals surface area contributed by atoms with E-state index in [4.69, 9.17) is 0 Å². The van der Waals surface area contributed by atoms with Crippen molar-refractivity contribution in [2.45, 2.75) is 32.7 Å². The normalized spacial score (nSPS) is 17.8. The van der Waals surface area contributed by atoms with Crippen LogP contribution < -0.4 is 4.90 Å². The van der Waals surface area contributed by atoms with E-state index < -0.39 is 0 Å². The highest BCUT2D eigenvalue weighted by atomic mass is 16.2. The molecule has 6 nitrogen and oxygen atoms in total. The van der Waals surface area contributed by atoms with Crippen LogP contribution in [-0.4, -0.2) is 52.8 Å². The summed E-state index contributed by atoms with van der Waals surface area (Å²) >= 11 is 0. The van der Waals surface area contributed by atoms with E-state index in [1.165, 1.54) is 0 Å². The fourth-order valence-electron chi connectivity index (χ4n) is 3.33. The Morgan fingerprint density at radius 1 is 1.29 bits per heavy atom. The minimum atomic E-state index is 0.0757. The van der Waals surface area contributed by atoms with Gasteiger partial charge in [-0.3, -0.25) is 9.48 Å². The zero-order valence-corrected chi connectivity index (χ0v) is 14.9. The van der Waals surface area contributed by atoms with Crippen LogP contribution in [0.15, 0.2) is 24.4 Å². The van der Waals surface area contributed by atoms with Gasteiger partial charge in [0.25, 0.3) is 5.91 Å². The van der Waals surface area contributed by atoms with Crippen molar-refractivity contribution in [2.24, 2.45) is 0 Å². The second-order valence-electron chi connectivity index (χ2n) is 6.72. The lowest BCUT2D eigenvalue weighted by atomic mass is 10.0. The van der Waals surface area contributed by atoms with Gasteiger partial charge in [-0.15, -0.1) is 0 Å². The fraction of sp³-hybridized carbons (Fsp3) is 0.500. The van der Waals surface area contributed by atoms with Gasteiger partial charge >= 0.3 is 0 Å². The van der Waals surface area contributed by atoms with Gasteiger partial charge in [0, 0.05) is 44.6 Å². The molecule has 1 fully saturated rings. The van der Waals surface area contributed by atoms with Crippen molar-refractivity contribution in [1.82, 2.24) is 19.7 Å². The van der Waals surface area contributed by atoms with Crippen LogP contribution in [0.5, 0.6) is 0 Å². The quantitative estimate of drug-likeness (QED) is 0.869. The van der Waals surface area contributed by atoms with Crippen molar-refractivity contribution >= 4 is 11.7 Å². The number of carbonyl (C=O) groups excluding carboxylic acids is 1. The molecular weight excluding hydrogens is 302 g/mol. The molecular formula is C18H25N5O. The number of hydrogen-bond donors (Lipinski definition) is 0. The molecule has 0 aliphatic carbocycles. The van der Waals surface area contributed by atoms with Crippen LogP contribution in [0, 0.1) is 13.8 Å². The minimum Gasteiger partial charge on any atom is -0.363 e. The summed E-state index contributed by atoms with van der Waals surface area (Å²) in [7, 11) is 3.85. The number of rotatable bonds is 3. The monoisotopic (exact) mass is 327 g/mol. The average Bonchev–Trinajstić information content (AvgIpc) is 2.93. The molecule has 128 valence electrons. The van der Waals surface area contributed by atoms with Gasteiger partial charge < -0.3 is 9.80 Å². The van der Waals surface area contributed by atoms with Crippen LogP contribution >= 0.6 is 0 Å². The third kappa shape index (κ3) is 3.27. The van der Waals surface area contributed by atoms with E-state index in [9.17, 15) is 4.79 Å². The Labute approximate surface area is 143 Å². The molecule has 0 aromatic carbocycles. The third-order valence-electron chi connectivity index (χ3n) is 4.52. The number of piperidine rings is 1. The number of carbonyl (C=O) groups is 1. The summed E-state index contributed by atoms with van der Waals surface area (Å²) in [4.78, 5) is 21.0. The van der Waals surface area contributed by atoms with Gasteiger partial charge in [0.15, 0.2) is 0 Å². The molecule has 0 unspecified atom stereocenters. The maximum Gasteiger partial charge on any atom is 0.254 e. The molecule has 2 aromatic heterocycles. The predicted octanol–water partition coefficient (Wildman–Crippen LogP) is 2.44. The number of hydrogen-bond acceptors (Lipinski definition) is 4. The molecule has 2 aromatic rings. The maximum atomic E-state index is 12.9. The molecule has 3 rings (SSSR count). The first-order valence-corrected chi connectivity index (χ1v) is 8.41. The molecule has 24 heavy (non-hydrogen) atoms. The van der Waals surface area contributed by atoms with E-state index >= 15 is 0 Å². The summed E-state index contributed by atoms with van der Waals surface area (Å²) in [5.41, 5.74) is 2.88. The average molecular weight is 327 g/mol. The van der Waals surface area contributed by atoms with E-state index in [2.05, 4.69) is 27.8 Å². The standard InChI is InChI=1S/C18H25N5O/c1-13-10-14(2)23(20-13)16-6-5-9-22(12-16)18(24)15-7-8-19-17(11-15)21(3)4/h7-8,10-11,16H,5-6,9,12H2,1-4H3/t16-/m1/s1. The molecule has 0 N–H and O–H groups in total. The molecule has 0 radical (unpaired) electrons. The minimum absolute atomic E-state index is 0.0757. The summed E-state index contributed by atoms with van der Waals surface area (Å²) in [5.74, 6) is 0.875. The first kappa shape index (κ1) is 16.5. The lowest BCUT2D eigenvalue weighted by Gasteiger charge is -2.33. The van der Waals surface area contributed by atoms with Crippen LogP contribution in [-0.2, 0) is 0 Å². The largest absolute Gasteiger partial charge is 0.363 e. The highest BCUT2D eigenvalue weighted by Crippen LogP contribution is 2.24. The van der Waals surface area contributed by atoms with E-state index in [0.717, 1.165) is 36.6 Å². The Bertz CT molecular complexity index is 737. The summed E-state index contributed by atoms with van der Waals surface area (Å²) in [6.07, 6.45) is 3.76. The van der Waals surface area contributed by atoms with Crippen LogP contribution in [0.2, 0.25) is 0 Å². The number of likely N-dealkylation sites (tertiary alicyclic amines) is 1. The SMILES string of the molecule is Cc1cc(C)n([C@@H]2CCCN(C(=O)c3ccnc(N(C)C)c3)C2)n1. The molecule has 1 aliphatic rings. The number of nitrogens with zero attached hydrogens (tertiary/aromatic N) is 5. The van der Waals surface area contributed by atoms with Gasteiger partial charge in [-0.2, -0.15) is 5.10 Å². The molecule has 3 heterocycles. The molecule has 0 spiro atoms. The fourth-order valence-corrected chi connectivity index (χ4v) is 3.33. The summed E-state index contributed by atoms with van der Waals surface area (Å²) in [5, 5.41) is 4.60. The Morgan fingerprint density at radius 2 is 2.08 bits per heavy atom. The zero-order chi connectivity index (χ0) is 17.3. The summed E-state index contributed by atoms with van der Waals surface area (Å²) in [6.45, 7) is 5.59. The Hall–Kier alpha value is -2.37. The number of aromatic nitrogens is 3. The maximum absolute atomic E-state index is 12.9. The topological polar surface area (TPSA) is 54.3 Å². The third-order valence-corrected chi connectivity index (χ3v) is 4.52. The van der Waals surface area contributed by atoms with Gasteiger partial charge in [0.2, 0.25) is 0 Å². The highest BCUT2D eigenvalue weighted by molar-refractivity contribution is 5.94. The summed E-state index contributed by atoms with van der Waals surface area (Å²) < 4.78 is 2.08. The smallest absolute Gasteiger partial charge is 0.254 e. The van der Waals surface area contributed by atoms with E-state index in [-0.39, 0.29) is 11.9 Å². The zero-order valence-electron chi connectivity index (χ0n) is 14.9.